The summed E-state index contributed by atoms with van der Waals surface area (Å²) in [7, 11) is 0. The lowest BCUT2D eigenvalue weighted by molar-refractivity contribution is 0.601. The van der Waals surface area contributed by atoms with Gasteiger partial charge in [-0.2, -0.15) is 0 Å². The number of benzene rings is 1. The molecule has 4 nitrogen and oxygen atoms in total. The second-order valence-corrected chi connectivity index (χ2v) is 5.57. The smallest absolute Gasteiger partial charge is 0.181 e. The van der Waals surface area contributed by atoms with Crippen molar-refractivity contribution in [3.63, 3.8) is 0 Å². The zero-order valence-corrected chi connectivity index (χ0v) is 12.6. The van der Waals surface area contributed by atoms with Gasteiger partial charge in [0.25, 0.3) is 0 Å². The molecule has 0 saturated carbocycles. The number of nitrogens with zero attached hydrogens (tertiary/aromatic N) is 2. The number of aryl methyl sites for hydroxylation is 1. The van der Waals surface area contributed by atoms with E-state index in [4.69, 9.17) is 4.42 Å². The van der Waals surface area contributed by atoms with E-state index >= 15 is 0 Å². The van der Waals surface area contributed by atoms with Crippen LogP contribution in [0.2, 0.25) is 0 Å². The quantitative estimate of drug-likeness (QED) is 0.786. The third-order valence-corrected chi connectivity index (χ3v) is 3.58. The molecule has 0 aliphatic carbocycles. The Morgan fingerprint density at radius 1 is 1.25 bits per heavy atom. The van der Waals surface area contributed by atoms with Crippen LogP contribution in [-0.2, 0) is 6.42 Å². The van der Waals surface area contributed by atoms with Crippen molar-refractivity contribution in [1.82, 2.24) is 9.97 Å². The standard InChI is InChI=1S/C15H14BrN3O/c1-10-6-12(16)8-18-15(10)17-5-4-11-2-3-13-14(7-11)20-9-19-13/h2-3,6-9H,4-5H2,1H3,(H,17,18). The highest BCUT2D eigenvalue weighted by atomic mass is 79.9. The van der Waals surface area contributed by atoms with Crippen LogP contribution < -0.4 is 5.32 Å². The van der Waals surface area contributed by atoms with Crippen LogP contribution >= 0.6 is 15.9 Å². The molecule has 0 aliphatic rings. The predicted octanol–water partition coefficient (Wildman–Crippen LogP) is 3.95. The molecule has 2 aromatic heterocycles. The molecule has 0 radical (unpaired) electrons. The van der Waals surface area contributed by atoms with Gasteiger partial charge >= 0.3 is 0 Å². The molecule has 20 heavy (non-hydrogen) atoms. The van der Waals surface area contributed by atoms with Gasteiger partial charge in [-0.3, -0.25) is 0 Å². The number of halogens is 1. The van der Waals surface area contributed by atoms with E-state index in [2.05, 4.69) is 43.3 Å². The lowest BCUT2D eigenvalue weighted by atomic mass is 10.1. The number of fused-ring (bicyclic) bond motifs is 1. The molecule has 2 heterocycles. The van der Waals surface area contributed by atoms with Gasteiger partial charge in [-0.05, 0) is 58.6 Å². The molecule has 1 N–H and O–H groups in total. The summed E-state index contributed by atoms with van der Waals surface area (Å²) in [6, 6.07) is 8.15. The molecule has 0 spiro atoms. The first-order valence-corrected chi connectivity index (χ1v) is 7.20. The Morgan fingerprint density at radius 3 is 3.00 bits per heavy atom. The fourth-order valence-corrected chi connectivity index (χ4v) is 2.55. The van der Waals surface area contributed by atoms with Gasteiger partial charge in [0.05, 0.1) is 0 Å². The lowest BCUT2D eigenvalue weighted by Crippen LogP contribution is -2.07. The minimum atomic E-state index is 0.828. The Morgan fingerprint density at radius 2 is 2.15 bits per heavy atom. The van der Waals surface area contributed by atoms with E-state index in [0.29, 0.717) is 0 Å². The zero-order chi connectivity index (χ0) is 13.9. The number of hydrogen-bond acceptors (Lipinski definition) is 4. The molecule has 0 aliphatic heterocycles. The van der Waals surface area contributed by atoms with Gasteiger partial charge in [-0.15, -0.1) is 0 Å². The predicted molar refractivity (Wildman–Crippen MR) is 82.9 cm³/mol. The fourth-order valence-electron chi connectivity index (χ4n) is 2.11. The van der Waals surface area contributed by atoms with E-state index < -0.39 is 0 Å². The van der Waals surface area contributed by atoms with Crippen LogP contribution in [0.1, 0.15) is 11.1 Å². The van der Waals surface area contributed by atoms with Crippen LogP contribution in [0.25, 0.3) is 11.1 Å². The Balaban J connectivity index is 1.64. The average Bonchev–Trinajstić information content (AvgIpc) is 2.89. The van der Waals surface area contributed by atoms with Crippen LogP contribution in [0.4, 0.5) is 5.82 Å². The lowest BCUT2D eigenvalue weighted by Gasteiger charge is -2.08. The van der Waals surface area contributed by atoms with E-state index in [1.807, 2.05) is 19.1 Å². The molecule has 0 fully saturated rings. The Kier molecular flexibility index (Phi) is 3.69. The van der Waals surface area contributed by atoms with E-state index in [9.17, 15) is 0 Å². The van der Waals surface area contributed by atoms with Gasteiger partial charge in [0.15, 0.2) is 12.0 Å². The first kappa shape index (κ1) is 13.1. The van der Waals surface area contributed by atoms with Gasteiger partial charge in [0, 0.05) is 17.2 Å². The van der Waals surface area contributed by atoms with Gasteiger partial charge in [0.2, 0.25) is 0 Å². The number of nitrogens with one attached hydrogen (secondary N) is 1. The van der Waals surface area contributed by atoms with Crippen LogP contribution in [0, 0.1) is 6.92 Å². The minimum absolute atomic E-state index is 0.828. The number of pyridine rings is 1. The summed E-state index contributed by atoms with van der Waals surface area (Å²) in [5.74, 6) is 0.925. The highest BCUT2D eigenvalue weighted by Crippen LogP contribution is 2.17. The number of oxazole rings is 1. The van der Waals surface area contributed by atoms with Gasteiger partial charge in [-0.1, -0.05) is 6.07 Å². The van der Waals surface area contributed by atoms with Gasteiger partial charge in [0.1, 0.15) is 11.3 Å². The van der Waals surface area contributed by atoms with E-state index in [-0.39, 0.29) is 0 Å². The van der Waals surface area contributed by atoms with Gasteiger partial charge < -0.3 is 9.73 Å². The molecule has 0 atom stereocenters. The Labute approximate surface area is 125 Å². The van der Waals surface area contributed by atoms with Crippen LogP contribution in [0.15, 0.2) is 45.7 Å². The molecule has 3 aromatic rings. The largest absolute Gasteiger partial charge is 0.443 e. The summed E-state index contributed by atoms with van der Waals surface area (Å²) in [6.45, 7) is 2.87. The highest BCUT2D eigenvalue weighted by molar-refractivity contribution is 9.10. The fraction of sp³-hybridized carbons (Fsp3) is 0.200. The van der Waals surface area contributed by atoms with Crippen molar-refractivity contribution < 1.29 is 4.42 Å². The second-order valence-electron chi connectivity index (χ2n) is 4.65. The van der Waals surface area contributed by atoms with Crippen molar-refractivity contribution in [2.75, 3.05) is 11.9 Å². The molecule has 5 heteroatoms. The van der Waals surface area contributed by atoms with Crippen LogP contribution in [0.5, 0.6) is 0 Å². The first-order valence-electron chi connectivity index (χ1n) is 6.40. The topological polar surface area (TPSA) is 51.0 Å². The number of anilines is 1. The minimum Gasteiger partial charge on any atom is -0.443 e. The van der Waals surface area contributed by atoms with Crippen molar-refractivity contribution >= 4 is 32.8 Å². The maximum absolute atomic E-state index is 5.31. The van der Waals surface area contributed by atoms with Crippen molar-refractivity contribution in [2.24, 2.45) is 0 Å². The van der Waals surface area contributed by atoms with Crippen LogP contribution in [-0.4, -0.2) is 16.5 Å². The number of aromatic nitrogens is 2. The average molecular weight is 332 g/mol. The van der Waals surface area contributed by atoms with Crippen LogP contribution in [0.3, 0.4) is 0 Å². The summed E-state index contributed by atoms with van der Waals surface area (Å²) >= 11 is 3.41. The third-order valence-electron chi connectivity index (χ3n) is 3.15. The molecule has 0 bridgehead atoms. The summed E-state index contributed by atoms with van der Waals surface area (Å²) < 4.78 is 6.30. The van der Waals surface area contributed by atoms with Crippen molar-refractivity contribution in [2.45, 2.75) is 13.3 Å². The Hall–Kier alpha value is -1.88. The number of hydrogen-bond donors (Lipinski definition) is 1. The van der Waals surface area contributed by atoms with Crippen molar-refractivity contribution in [3.05, 3.63) is 52.5 Å². The summed E-state index contributed by atoms with van der Waals surface area (Å²) in [5.41, 5.74) is 4.08. The van der Waals surface area contributed by atoms with E-state index in [1.165, 1.54) is 12.0 Å². The molecule has 0 saturated heterocycles. The maximum Gasteiger partial charge on any atom is 0.181 e. The molecule has 0 amide bonds. The highest BCUT2D eigenvalue weighted by Gasteiger charge is 2.02. The Bertz CT molecular complexity index is 739. The van der Waals surface area contributed by atoms with E-state index in [1.54, 1.807) is 6.20 Å². The third kappa shape index (κ3) is 2.82. The van der Waals surface area contributed by atoms with Crippen molar-refractivity contribution in [1.29, 1.82) is 0 Å². The monoisotopic (exact) mass is 331 g/mol. The SMILES string of the molecule is Cc1cc(Br)cnc1NCCc1ccc2ncoc2c1. The molecule has 1 aromatic carbocycles. The van der Waals surface area contributed by atoms with Gasteiger partial charge in [-0.25, -0.2) is 9.97 Å². The molecular formula is C15H14BrN3O. The summed E-state index contributed by atoms with van der Waals surface area (Å²) in [4.78, 5) is 8.47. The maximum atomic E-state index is 5.31. The normalized spacial score (nSPS) is 10.9. The number of rotatable bonds is 4. The molecule has 102 valence electrons. The molecule has 3 rings (SSSR count). The first-order chi connectivity index (χ1) is 9.72. The van der Waals surface area contributed by atoms with E-state index in [0.717, 1.165) is 39.9 Å². The molecule has 0 unspecified atom stereocenters. The molecular weight excluding hydrogens is 318 g/mol. The second kappa shape index (κ2) is 5.63. The van der Waals surface area contributed by atoms with Crippen molar-refractivity contribution in [3.8, 4) is 0 Å². The summed E-state index contributed by atoms with van der Waals surface area (Å²) in [6.07, 6.45) is 4.19. The zero-order valence-electron chi connectivity index (χ0n) is 11.1. The summed E-state index contributed by atoms with van der Waals surface area (Å²) in [5, 5.41) is 3.35.